The Bertz CT molecular complexity index is 1150. The van der Waals surface area contributed by atoms with Gasteiger partial charge in [0.2, 0.25) is 5.91 Å². The summed E-state index contributed by atoms with van der Waals surface area (Å²) in [6, 6.07) is 22.9. The second kappa shape index (κ2) is 10.2. The van der Waals surface area contributed by atoms with Gasteiger partial charge in [-0.3, -0.25) is 14.4 Å². The van der Waals surface area contributed by atoms with Crippen molar-refractivity contribution in [1.29, 1.82) is 0 Å². The number of anilines is 1. The van der Waals surface area contributed by atoms with E-state index in [1.165, 1.54) is 9.80 Å². The molecule has 3 amide bonds. The largest absolute Gasteiger partial charge is 0.497 e. The summed E-state index contributed by atoms with van der Waals surface area (Å²) in [5.74, 6) is -0.335. The summed E-state index contributed by atoms with van der Waals surface area (Å²) in [5, 5.41) is 0. The molecule has 0 aromatic heterocycles. The van der Waals surface area contributed by atoms with E-state index in [4.69, 9.17) is 4.74 Å². The van der Waals surface area contributed by atoms with Crippen LogP contribution in [0.25, 0.3) is 0 Å². The Balaban J connectivity index is 1.62. The molecular formula is C26H23IN2O4. The highest BCUT2D eigenvalue weighted by Crippen LogP contribution is 2.28. The van der Waals surface area contributed by atoms with Gasteiger partial charge in [0.15, 0.2) is 0 Å². The average molecular weight is 554 g/mol. The molecule has 3 aromatic carbocycles. The van der Waals surface area contributed by atoms with E-state index < -0.39 is 6.04 Å². The fraction of sp³-hybridized carbons (Fsp3) is 0.192. The smallest absolute Gasteiger partial charge is 0.257 e. The molecule has 0 radical (unpaired) electrons. The summed E-state index contributed by atoms with van der Waals surface area (Å²) in [4.78, 5) is 42.4. The molecule has 168 valence electrons. The number of imide groups is 1. The van der Waals surface area contributed by atoms with Gasteiger partial charge in [-0.25, -0.2) is 4.90 Å². The van der Waals surface area contributed by atoms with Crippen LogP contribution in [0.4, 0.5) is 5.69 Å². The van der Waals surface area contributed by atoms with E-state index in [0.29, 0.717) is 30.0 Å². The van der Waals surface area contributed by atoms with Gasteiger partial charge in [-0.15, -0.1) is 0 Å². The molecular weight excluding hydrogens is 531 g/mol. The molecule has 6 nitrogen and oxygen atoms in total. The van der Waals surface area contributed by atoms with Gasteiger partial charge in [0.25, 0.3) is 11.8 Å². The molecule has 4 rings (SSSR count). The van der Waals surface area contributed by atoms with Gasteiger partial charge in [-0.1, -0.05) is 30.3 Å². The quantitative estimate of drug-likeness (QED) is 0.323. The first-order valence-electron chi connectivity index (χ1n) is 10.6. The molecule has 1 heterocycles. The summed E-state index contributed by atoms with van der Waals surface area (Å²) in [6.07, 6.45) is 0.533. The molecule has 0 bridgehead atoms. The van der Waals surface area contributed by atoms with Crippen LogP contribution >= 0.6 is 22.6 Å². The van der Waals surface area contributed by atoms with E-state index in [0.717, 1.165) is 9.13 Å². The fourth-order valence-corrected chi connectivity index (χ4v) is 4.27. The minimum atomic E-state index is -0.852. The van der Waals surface area contributed by atoms with Crippen molar-refractivity contribution in [3.05, 3.63) is 93.6 Å². The van der Waals surface area contributed by atoms with E-state index in [9.17, 15) is 14.4 Å². The number of amides is 3. The lowest BCUT2D eigenvalue weighted by Crippen LogP contribution is -2.46. The van der Waals surface area contributed by atoms with Crippen LogP contribution in [0.15, 0.2) is 78.9 Å². The first-order valence-corrected chi connectivity index (χ1v) is 11.7. The zero-order valence-corrected chi connectivity index (χ0v) is 20.3. The SMILES string of the molecule is COc1ccc(C(=O)N(CCc2ccccc2)C2CC(=O)N(c3ccc(I)cc3)C2=O)cc1. The Kier molecular flexibility index (Phi) is 7.08. The van der Waals surface area contributed by atoms with Gasteiger partial charge >= 0.3 is 0 Å². The third-order valence-electron chi connectivity index (χ3n) is 5.67. The number of carbonyl (C=O) groups excluding carboxylic acids is 3. The molecule has 0 aliphatic carbocycles. The maximum atomic E-state index is 13.5. The van der Waals surface area contributed by atoms with E-state index in [-0.39, 0.29) is 24.1 Å². The summed E-state index contributed by atoms with van der Waals surface area (Å²) in [5.41, 5.74) is 2.01. The van der Waals surface area contributed by atoms with E-state index in [1.54, 1.807) is 43.5 Å². The molecule has 1 atom stereocenters. The highest BCUT2D eigenvalue weighted by Gasteiger charge is 2.44. The van der Waals surface area contributed by atoms with E-state index >= 15 is 0 Å². The molecule has 33 heavy (non-hydrogen) atoms. The zero-order chi connectivity index (χ0) is 23.4. The number of carbonyl (C=O) groups is 3. The summed E-state index contributed by atoms with van der Waals surface area (Å²) >= 11 is 2.17. The van der Waals surface area contributed by atoms with Crippen LogP contribution in [0.3, 0.4) is 0 Å². The van der Waals surface area contributed by atoms with Crippen LogP contribution in [0, 0.1) is 3.57 Å². The van der Waals surface area contributed by atoms with Crippen molar-refractivity contribution in [3.63, 3.8) is 0 Å². The lowest BCUT2D eigenvalue weighted by Gasteiger charge is -2.28. The van der Waals surface area contributed by atoms with Gasteiger partial charge in [-0.05, 0) is 83.1 Å². The Morgan fingerprint density at radius 1 is 1.00 bits per heavy atom. The average Bonchev–Trinajstić information content (AvgIpc) is 3.14. The highest BCUT2D eigenvalue weighted by atomic mass is 127. The highest BCUT2D eigenvalue weighted by molar-refractivity contribution is 14.1. The van der Waals surface area contributed by atoms with Gasteiger partial charge < -0.3 is 9.64 Å². The first-order chi connectivity index (χ1) is 16.0. The van der Waals surface area contributed by atoms with Gasteiger partial charge in [-0.2, -0.15) is 0 Å². The Morgan fingerprint density at radius 3 is 2.30 bits per heavy atom. The molecule has 1 aliphatic rings. The number of hydrogen-bond donors (Lipinski definition) is 0. The summed E-state index contributed by atoms with van der Waals surface area (Å²) in [7, 11) is 1.56. The Morgan fingerprint density at radius 2 is 1.67 bits per heavy atom. The van der Waals surface area contributed by atoms with Gasteiger partial charge in [0, 0.05) is 15.7 Å². The van der Waals surface area contributed by atoms with Crippen LogP contribution in [-0.4, -0.2) is 42.3 Å². The third-order valence-corrected chi connectivity index (χ3v) is 6.39. The van der Waals surface area contributed by atoms with Gasteiger partial charge in [0.05, 0.1) is 19.2 Å². The predicted molar refractivity (Wildman–Crippen MR) is 134 cm³/mol. The lowest BCUT2D eigenvalue weighted by molar-refractivity contribution is -0.122. The number of ether oxygens (including phenoxy) is 1. The summed E-state index contributed by atoms with van der Waals surface area (Å²) in [6.45, 7) is 0.319. The van der Waals surface area contributed by atoms with Crippen molar-refractivity contribution in [3.8, 4) is 5.75 Å². The maximum Gasteiger partial charge on any atom is 0.257 e. The molecule has 0 spiro atoms. The van der Waals surface area contributed by atoms with E-state index in [1.807, 2.05) is 42.5 Å². The second-order valence-electron chi connectivity index (χ2n) is 7.73. The van der Waals surface area contributed by atoms with Crippen LogP contribution in [-0.2, 0) is 16.0 Å². The van der Waals surface area contributed by atoms with Crippen LogP contribution in [0.5, 0.6) is 5.75 Å². The number of benzene rings is 3. The molecule has 0 saturated carbocycles. The lowest BCUT2D eigenvalue weighted by atomic mass is 10.1. The molecule has 0 N–H and O–H groups in total. The van der Waals surface area contributed by atoms with E-state index in [2.05, 4.69) is 22.6 Å². The number of halogens is 1. The molecule has 1 fully saturated rings. The van der Waals surface area contributed by atoms with Crippen molar-refractivity contribution >= 4 is 46.0 Å². The minimum absolute atomic E-state index is 0.0402. The number of methoxy groups -OCH3 is 1. The van der Waals surface area contributed by atoms with Crippen molar-refractivity contribution in [2.45, 2.75) is 18.9 Å². The first kappa shape index (κ1) is 23.0. The maximum absolute atomic E-state index is 13.5. The number of rotatable bonds is 7. The van der Waals surface area contributed by atoms with Crippen molar-refractivity contribution < 1.29 is 19.1 Å². The fourth-order valence-electron chi connectivity index (χ4n) is 3.91. The van der Waals surface area contributed by atoms with Crippen molar-refractivity contribution in [1.82, 2.24) is 4.90 Å². The molecule has 1 saturated heterocycles. The predicted octanol–water partition coefficient (Wildman–Crippen LogP) is 4.32. The normalized spacial score (nSPS) is 15.6. The van der Waals surface area contributed by atoms with Crippen LogP contribution in [0.1, 0.15) is 22.3 Å². The Hall–Kier alpha value is -3.20. The molecule has 3 aromatic rings. The summed E-state index contributed by atoms with van der Waals surface area (Å²) < 4.78 is 6.19. The number of hydrogen-bond acceptors (Lipinski definition) is 4. The standard InChI is InChI=1S/C26H23IN2O4/c1-33-22-13-7-19(8-14-22)25(31)28(16-15-18-5-3-2-4-6-18)23-17-24(30)29(26(23)32)21-11-9-20(27)10-12-21/h2-14,23H,15-17H2,1H3. The third kappa shape index (κ3) is 5.08. The van der Waals surface area contributed by atoms with Crippen molar-refractivity contribution in [2.24, 2.45) is 0 Å². The van der Waals surface area contributed by atoms with Gasteiger partial charge in [0.1, 0.15) is 11.8 Å². The zero-order valence-electron chi connectivity index (χ0n) is 18.1. The number of nitrogens with zero attached hydrogens (tertiary/aromatic N) is 2. The molecule has 7 heteroatoms. The van der Waals surface area contributed by atoms with Crippen LogP contribution in [0.2, 0.25) is 0 Å². The monoisotopic (exact) mass is 554 g/mol. The molecule has 1 aliphatic heterocycles. The Labute approximate surface area is 206 Å². The van der Waals surface area contributed by atoms with Crippen molar-refractivity contribution in [2.75, 3.05) is 18.6 Å². The second-order valence-corrected chi connectivity index (χ2v) is 8.97. The van der Waals surface area contributed by atoms with Crippen LogP contribution < -0.4 is 9.64 Å². The topological polar surface area (TPSA) is 66.9 Å². The minimum Gasteiger partial charge on any atom is -0.497 e. The molecule has 1 unspecified atom stereocenters.